The molecule has 14 heteroatoms. The van der Waals surface area contributed by atoms with Gasteiger partial charge in [0.15, 0.2) is 9.84 Å². The van der Waals surface area contributed by atoms with Crippen LogP contribution in [0.2, 0.25) is 0 Å². The third-order valence-electron chi connectivity index (χ3n) is 5.97. The average Bonchev–Trinajstić information content (AvgIpc) is 2.79. The molecule has 2 amide bonds. The minimum Gasteiger partial charge on any atom is -0.464 e. The molecular formula is C21H26FN7O5S. The highest BCUT2D eigenvalue weighted by molar-refractivity contribution is 7.90. The number of aromatic nitrogens is 2. The Kier molecular flexibility index (Phi) is 7.14. The summed E-state index contributed by atoms with van der Waals surface area (Å²) in [5.74, 6) is -0.340. The maximum absolute atomic E-state index is 14.5. The first kappa shape index (κ1) is 24.8. The molecule has 0 spiro atoms. The highest BCUT2D eigenvalue weighted by Gasteiger charge is 2.28. The molecule has 0 aliphatic carbocycles. The summed E-state index contributed by atoms with van der Waals surface area (Å²) in [6.07, 6.45) is 2.00. The van der Waals surface area contributed by atoms with Gasteiger partial charge in [-0.2, -0.15) is 0 Å². The van der Waals surface area contributed by atoms with Crippen molar-refractivity contribution < 1.29 is 27.5 Å². The Labute approximate surface area is 201 Å². The Balaban J connectivity index is 1.38. The number of halogens is 1. The van der Waals surface area contributed by atoms with Crippen molar-refractivity contribution in [3.8, 4) is 0 Å². The minimum atomic E-state index is -3.52. The van der Waals surface area contributed by atoms with Gasteiger partial charge in [-0.3, -0.25) is 10.2 Å². The number of carboxylic acid groups (broad SMARTS) is 1. The lowest BCUT2D eigenvalue weighted by Crippen LogP contribution is -2.55. The van der Waals surface area contributed by atoms with Crippen molar-refractivity contribution in [2.24, 2.45) is 0 Å². The van der Waals surface area contributed by atoms with Crippen molar-refractivity contribution in [1.82, 2.24) is 30.6 Å². The average molecular weight is 508 g/mol. The molecule has 2 aliphatic heterocycles. The molecule has 1 aromatic heterocycles. The fourth-order valence-corrected chi connectivity index (χ4v) is 4.75. The number of carbonyl (C=O) groups excluding carboxylic acids is 1. The molecule has 4 N–H and O–H groups in total. The van der Waals surface area contributed by atoms with Gasteiger partial charge in [0.2, 0.25) is 5.91 Å². The number of sulfone groups is 1. The Bertz CT molecular complexity index is 1230. The normalized spacial score (nSPS) is 18.6. The van der Waals surface area contributed by atoms with Crippen LogP contribution < -0.4 is 16.1 Å². The maximum Gasteiger partial charge on any atom is 0.419 e. The van der Waals surface area contributed by atoms with Crippen LogP contribution in [0, 0.1) is 5.82 Å². The van der Waals surface area contributed by atoms with E-state index in [0.717, 1.165) is 23.6 Å². The number of hydrogen-bond donors (Lipinski definition) is 4. The number of piperazine rings is 1. The van der Waals surface area contributed by atoms with Crippen molar-refractivity contribution in [2.45, 2.75) is 30.3 Å². The van der Waals surface area contributed by atoms with Crippen LogP contribution in [0.1, 0.15) is 17.7 Å². The summed E-state index contributed by atoms with van der Waals surface area (Å²) in [5, 5.41) is 16.6. The van der Waals surface area contributed by atoms with E-state index in [1.807, 2.05) is 0 Å². The molecule has 1 saturated heterocycles. The van der Waals surface area contributed by atoms with Crippen molar-refractivity contribution >= 4 is 33.3 Å². The predicted molar refractivity (Wildman–Crippen MR) is 123 cm³/mol. The molecule has 12 nitrogen and oxygen atoms in total. The number of fused-ring (bicyclic) bond motifs is 1. The van der Waals surface area contributed by atoms with E-state index in [9.17, 15) is 22.4 Å². The summed E-state index contributed by atoms with van der Waals surface area (Å²) >= 11 is 0. The monoisotopic (exact) mass is 507 g/mol. The van der Waals surface area contributed by atoms with Crippen molar-refractivity contribution in [3.63, 3.8) is 0 Å². The Morgan fingerprint density at radius 3 is 2.63 bits per heavy atom. The minimum absolute atomic E-state index is 0.0265. The van der Waals surface area contributed by atoms with E-state index in [4.69, 9.17) is 5.11 Å². The van der Waals surface area contributed by atoms with Gasteiger partial charge < -0.3 is 20.6 Å². The van der Waals surface area contributed by atoms with Crippen LogP contribution in [0.3, 0.4) is 0 Å². The van der Waals surface area contributed by atoms with Gasteiger partial charge in [-0.25, -0.2) is 32.6 Å². The SMILES string of the molecule is CS(=O)(=O)c1ccc(Nc2ncnc3c2CNC(CC(=O)N2CCN(NC(=O)O)CC2)C3)c(F)c1. The van der Waals surface area contributed by atoms with Crippen LogP contribution in [0.15, 0.2) is 29.4 Å². The number of anilines is 2. The second-order valence-corrected chi connectivity index (χ2v) is 10.5. The summed E-state index contributed by atoms with van der Waals surface area (Å²) in [7, 11) is -3.52. The topological polar surface area (TPSA) is 157 Å². The molecule has 0 saturated carbocycles. The number of nitrogens with zero attached hydrogens (tertiary/aromatic N) is 4. The van der Waals surface area contributed by atoms with E-state index >= 15 is 0 Å². The zero-order valence-electron chi connectivity index (χ0n) is 19.0. The number of nitrogens with one attached hydrogen (secondary N) is 3. The number of hydrazine groups is 1. The maximum atomic E-state index is 14.5. The van der Waals surface area contributed by atoms with E-state index in [1.165, 1.54) is 18.5 Å². The van der Waals surface area contributed by atoms with Crippen molar-refractivity contribution in [1.29, 1.82) is 0 Å². The number of amides is 2. The molecule has 2 aliphatic rings. The van der Waals surface area contributed by atoms with Gasteiger partial charge in [-0.1, -0.05) is 0 Å². The van der Waals surface area contributed by atoms with Crippen LogP contribution in [-0.4, -0.2) is 83.9 Å². The van der Waals surface area contributed by atoms with Crippen molar-refractivity contribution in [2.75, 3.05) is 37.8 Å². The third-order valence-corrected chi connectivity index (χ3v) is 7.08. The number of hydrogen-bond acceptors (Lipinski definition) is 9. The van der Waals surface area contributed by atoms with Crippen LogP contribution in [0.4, 0.5) is 20.7 Å². The fourth-order valence-electron chi connectivity index (χ4n) is 4.11. The molecule has 1 unspecified atom stereocenters. The van der Waals surface area contributed by atoms with Crippen molar-refractivity contribution in [3.05, 3.63) is 41.6 Å². The summed E-state index contributed by atoms with van der Waals surface area (Å²) in [6, 6.07) is 3.50. The first-order chi connectivity index (χ1) is 16.6. The van der Waals surface area contributed by atoms with Crippen LogP contribution in [0.5, 0.6) is 0 Å². The molecule has 1 fully saturated rings. The predicted octanol–water partition coefficient (Wildman–Crippen LogP) is 0.494. The number of benzene rings is 1. The standard InChI is InChI=1S/C21H26FN7O5S/c1-35(33,34)14-2-3-17(16(22)10-14)26-20-15-11-23-13(8-18(15)24-12-25-20)9-19(30)28-4-6-29(7-5-28)27-21(31)32/h2-3,10,12-13,23,27H,4-9,11H2,1H3,(H,31,32)(H,24,25,26). The van der Waals surface area contributed by atoms with Gasteiger partial charge in [0, 0.05) is 63.4 Å². The molecule has 1 aromatic carbocycles. The van der Waals surface area contributed by atoms with Crippen LogP contribution in [0.25, 0.3) is 0 Å². The van der Waals surface area contributed by atoms with Crippen LogP contribution >= 0.6 is 0 Å². The number of rotatable bonds is 6. The van der Waals surface area contributed by atoms with Gasteiger partial charge in [-0.05, 0) is 18.2 Å². The largest absolute Gasteiger partial charge is 0.464 e. The van der Waals surface area contributed by atoms with E-state index in [2.05, 4.69) is 26.0 Å². The van der Waals surface area contributed by atoms with Gasteiger partial charge in [-0.15, -0.1) is 0 Å². The molecular weight excluding hydrogens is 481 g/mol. The summed E-state index contributed by atoms with van der Waals surface area (Å²) in [4.78, 5) is 33.6. The van der Waals surface area contributed by atoms with E-state index < -0.39 is 21.7 Å². The lowest BCUT2D eigenvalue weighted by atomic mass is 9.98. The Morgan fingerprint density at radius 1 is 1.23 bits per heavy atom. The number of carbonyl (C=O) groups is 2. The molecule has 0 radical (unpaired) electrons. The lowest BCUT2D eigenvalue weighted by Gasteiger charge is -2.35. The lowest BCUT2D eigenvalue weighted by molar-refractivity contribution is -0.133. The van der Waals surface area contributed by atoms with E-state index in [-0.39, 0.29) is 29.0 Å². The molecule has 188 valence electrons. The molecule has 3 heterocycles. The van der Waals surface area contributed by atoms with E-state index in [1.54, 1.807) is 9.91 Å². The second kappa shape index (κ2) is 10.1. The molecule has 2 aromatic rings. The third kappa shape index (κ3) is 6.01. The van der Waals surface area contributed by atoms with Gasteiger partial charge in [0.1, 0.15) is 18.0 Å². The quantitative estimate of drug-likeness (QED) is 0.434. The molecule has 0 bridgehead atoms. The molecule has 4 rings (SSSR count). The molecule has 35 heavy (non-hydrogen) atoms. The fraction of sp³-hybridized carbons (Fsp3) is 0.429. The zero-order chi connectivity index (χ0) is 25.2. The zero-order valence-corrected chi connectivity index (χ0v) is 19.8. The van der Waals surface area contributed by atoms with E-state index in [0.29, 0.717) is 45.0 Å². The summed E-state index contributed by atoms with van der Waals surface area (Å²) < 4.78 is 37.8. The Hall–Kier alpha value is -3.36. The Morgan fingerprint density at radius 2 is 1.97 bits per heavy atom. The highest BCUT2D eigenvalue weighted by Crippen LogP contribution is 2.27. The second-order valence-electron chi connectivity index (χ2n) is 8.46. The summed E-state index contributed by atoms with van der Waals surface area (Å²) in [6.45, 7) is 2.08. The first-order valence-electron chi connectivity index (χ1n) is 10.9. The van der Waals surface area contributed by atoms with Crippen LogP contribution in [-0.2, 0) is 27.6 Å². The highest BCUT2D eigenvalue weighted by atomic mass is 32.2. The molecule has 1 atom stereocenters. The van der Waals surface area contributed by atoms with Gasteiger partial charge in [0.25, 0.3) is 0 Å². The van der Waals surface area contributed by atoms with Gasteiger partial charge >= 0.3 is 6.09 Å². The summed E-state index contributed by atoms with van der Waals surface area (Å²) in [5.41, 5.74) is 3.87. The smallest absolute Gasteiger partial charge is 0.419 e. The van der Waals surface area contributed by atoms with Gasteiger partial charge in [0.05, 0.1) is 16.3 Å². The first-order valence-corrected chi connectivity index (χ1v) is 12.8.